The fourth-order valence-electron chi connectivity index (χ4n) is 2.71. The molecule has 0 saturated heterocycles. The van der Waals surface area contributed by atoms with Gasteiger partial charge in [0.1, 0.15) is 5.82 Å². The molecular formula is C16H19ClN4O. The summed E-state index contributed by atoms with van der Waals surface area (Å²) in [4.78, 5) is 26.1. The number of rotatable bonds is 3. The zero-order valence-corrected chi connectivity index (χ0v) is 13.5. The van der Waals surface area contributed by atoms with Gasteiger partial charge in [0, 0.05) is 44.4 Å². The highest BCUT2D eigenvalue weighted by Crippen LogP contribution is 2.19. The SMILES string of the molecule is CC(C)c1nc2c(c(=O)[nH]1)CN(Cc1cncc(Cl)c1)CC2. The summed E-state index contributed by atoms with van der Waals surface area (Å²) >= 11 is 5.97. The number of fused-ring (bicyclic) bond motifs is 1. The first-order valence-electron chi connectivity index (χ1n) is 7.46. The molecule has 2 aromatic heterocycles. The van der Waals surface area contributed by atoms with Crippen LogP contribution in [0.25, 0.3) is 0 Å². The summed E-state index contributed by atoms with van der Waals surface area (Å²) in [6, 6.07) is 1.91. The summed E-state index contributed by atoms with van der Waals surface area (Å²) in [5.74, 6) is 1.00. The van der Waals surface area contributed by atoms with E-state index in [4.69, 9.17) is 11.6 Å². The third kappa shape index (κ3) is 3.20. The van der Waals surface area contributed by atoms with Crippen molar-refractivity contribution in [3.8, 4) is 0 Å². The molecule has 2 aromatic rings. The molecule has 6 heteroatoms. The van der Waals surface area contributed by atoms with E-state index in [1.807, 2.05) is 26.1 Å². The van der Waals surface area contributed by atoms with Crippen molar-refractivity contribution < 1.29 is 0 Å². The van der Waals surface area contributed by atoms with Gasteiger partial charge in [-0.15, -0.1) is 0 Å². The zero-order chi connectivity index (χ0) is 15.7. The van der Waals surface area contributed by atoms with Crippen molar-refractivity contribution in [1.29, 1.82) is 0 Å². The second-order valence-electron chi connectivity index (χ2n) is 6.00. The number of pyridine rings is 1. The van der Waals surface area contributed by atoms with Crippen molar-refractivity contribution in [3.63, 3.8) is 0 Å². The van der Waals surface area contributed by atoms with Crippen molar-refractivity contribution in [2.45, 2.75) is 39.3 Å². The molecule has 3 heterocycles. The number of aromatic nitrogens is 3. The summed E-state index contributed by atoms with van der Waals surface area (Å²) in [5, 5.41) is 0.635. The molecule has 1 aliphatic rings. The predicted molar refractivity (Wildman–Crippen MR) is 86.0 cm³/mol. The third-order valence-electron chi connectivity index (χ3n) is 3.88. The number of hydrogen-bond acceptors (Lipinski definition) is 4. The highest BCUT2D eigenvalue weighted by molar-refractivity contribution is 6.30. The van der Waals surface area contributed by atoms with Gasteiger partial charge in [-0.05, 0) is 11.6 Å². The van der Waals surface area contributed by atoms with Crippen LogP contribution in [-0.4, -0.2) is 26.4 Å². The van der Waals surface area contributed by atoms with Crippen LogP contribution in [0, 0.1) is 0 Å². The third-order valence-corrected chi connectivity index (χ3v) is 4.09. The van der Waals surface area contributed by atoms with E-state index in [0.29, 0.717) is 11.6 Å². The van der Waals surface area contributed by atoms with E-state index in [2.05, 4.69) is 19.9 Å². The Kier molecular flexibility index (Phi) is 4.27. The van der Waals surface area contributed by atoms with Gasteiger partial charge in [-0.1, -0.05) is 25.4 Å². The van der Waals surface area contributed by atoms with Crippen LogP contribution in [0.4, 0.5) is 0 Å². The molecule has 5 nitrogen and oxygen atoms in total. The number of H-pyrrole nitrogens is 1. The van der Waals surface area contributed by atoms with Gasteiger partial charge in [-0.25, -0.2) is 4.98 Å². The quantitative estimate of drug-likeness (QED) is 0.944. The van der Waals surface area contributed by atoms with Crippen LogP contribution < -0.4 is 5.56 Å². The number of nitrogens with one attached hydrogen (secondary N) is 1. The Morgan fingerprint density at radius 3 is 2.95 bits per heavy atom. The Bertz CT molecular complexity index is 741. The first-order valence-corrected chi connectivity index (χ1v) is 7.84. The summed E-state index contributed by atoms with van der Waals surface area (Å²) in [7, 11) is 0. The number of halogens is 1. The van der Waals surface area contributed by atoms with Crippen LogP contribution in [0.5, 0.6) is 0 Å². The van der Waals surface area contributed by atoms with Gasteiger partial charge in [0.15, 0.2) is 0 Å². The molecule has 0 bridgehead atoms. The van der Waals surface area contributed by atoms with E-state index in [1.54, 1.807) is 6.20 Å². The molecule has 116 valence electrons. The molecule has 0 unspecified atom stereocenters. The largest absolute Gasteiger partial charge is 0.310 e. The van der Waals surface area contributed by atoms with Crippen LogP contribution in [0.1, 0.15) is 42.4 Å². The van der Waals surface area contributed by atoms with Crippen molar-refractivity contribution in [3.05, 3.63) is 56.5 Å². The smallest absolute Gasteiger partial charge is 0.255 e. The van der Waals surface area contributed by atoms with E-state index in [1.165, 1.54) is 0 Å². The van der Waals surface area contributed by atoms with E-state index in [9.17, 15) is 4.79 Å². The molecule has 0 spiro atoms. The molecule has 3 rings (SSSR count). The van der Waals surface area contributed by atoms with E-state index in [-0.39, 0.29) is 11.5 Å². The van der Waals surface area contributed by atoms with Crippen LogP contribution in [0.15, 0.2) is 23.3 Å². The van der Waals surface area contributed by atoms with Crippen LogP contribution in [0.2, 0.25) is 5.02 Å². The molecule has 0 aliphatic carbocycles. The molecule has 0 saturated carbocycles. The van der Waals surface area contributed by atoms with Crippen molar-refractivity contribution in [2.24, 2.45) is 0 Å². The number of aromatic amines is 1. The second kappa shape index (κ2) is 6.18. The molecule has 1 aliphatic heterocycles. The lowest BCUT2D eigenvalue weighted by atomic mass is 10.1. The molecule has 0 radical (unpaired) electrons. The summed E-state index contributed by atoms with van der Waals surface area (Å²) < 4.78 is 0. The van der Waals surface area contributed by atoms with Crippen molar-refractivity contribution in [2.75, 3.05) is 6.54 Å². The highest BCUT2D eigenvalue weighted by Gasteiger charge is 2.21. The zero-order valence-electron chi connectivity index (χ0n) is 12.8. The Hall–Kier alpha value is -1.72. The Morgan fingerprint density at radius 2 is 2.23 bits per heavy atom. The lowest BCUT2D eigenvalue weighted by Crippen LogP contribution is -2.36. The average Bonchev–Trinajstić information content (AvgIpc) is 2.47. The molecule has 22 heavy (non-hydrogen) atoms. The first-order chi connectivity index (χ1) is 10.5. The van der Waals surface area contributed by atoms with Crippen LogP contribution in [0.3, 0.4) is 0 Å². The van der Waals surface area contributed by atoms with Gasteiger partial charge in [-0.2, -0.15) is 0 Å². The number of hydrogen-bond donors (Lipinski definition) is 1. The van der Waals surface area contributed by atoms with Gasteiger partial charge in [0.2, 0.25) is 0 Å². The minimum atomic E-state index is -0.0115. The van der Waals surface area contributed by atoms with Gasteiger partial charge in [0.05, 0.1) is 16.3 Å². The molecule has 0 aromatic carbocycles. The summed E-state index contributed by atoms with van der Waals surface area (Å²) in [5.41, 5.74) is 2.76. The lowest BCUT2D eigenvalue weighted by Gasteiger charge is -2.27. The van der Waals surface area contributed by atoms with Crippen LogP contribution >= 0.6 is 11.6 Å². The van der Waals surface area contributed by atoms with Crippen molar-refractivity contribution in [1.82, 2.24) is 19.9 Å². The molecule has 0 amide bonds. The van der Waals surface area contributed by atoms with E-state index in [0.717, 1.165) is 42.2 Å². The first kappa shape index (κ1) is 15.2. The Balaban J connectivity index is 1.81. The molecule has 0 fully saturated rings. The molecule has 1 N–H and O–H groups in total. The monoisotopic (exact) mass is 318 g/mol. The van der Waals surface area contributed by atoms with Gasteiger partial charge < -0.3 is 4.98 Å². The fourth-order valence-corrected chi connectivity index (χ4v) is 2.91. The fraction of sp³-hybridized carbons (Fsp3) is 0.438. The van der Waals surface area contributed by atoms with Gasteiger partial charge in [0.25, 0.3) is 5.56 Å². The highest BCUT2D eigenvalue weighted by atomic mass is 35.5. The normalized spacial score (nSPS) is 15.1. The van der Waals surface area contributed by atoms with E-state index < -0.39 is 0 Å². The number of nitrogens with zero attached hydrogens (tertiary/aromatic N) is 3. The maximum Gasteiger partial charge on any atom is 0.255 e. The maximum absolute atomic E-state index is 12.3. The maximum atomic E-state index is 12.3. The Morgan fingerprint density at radius 1 is 1.41 bits per heavy atom. The summed E-state index contributed by atoms with van der Waals surface area (Å²) in [6.07, 6.45) is 4.23. The Labute approximate surface area is 134 Å². The molecule has 0 atom stereocenters. The van der Waals surface area contributed by atoms with Gasteiger partial charge >= 0.3 is 0 Å². The summed E-state index contributed by atoms with van der Waals surface area (Å²) in [6.45, 7) is 6.30. The van der Waals surface area contributed by atoms with Crippen LogP contribution in [-0.2, 0) is 19.5 Å². The second-order valence-corrected chi connectivity index (χ2v) is 6.44. The molecular weight excluding hydrogens is 300 g/mol. The van der Waals surface area contributed by atoms with E-state index >= 15 is 0 Å². The lowest BCUT2D eigenvalue weighted by molar-refractivity contribution is 0.241. The minimum absolute atomic E-state index is 0.0115. The minimum Gasteiger partial charge on any atom is -0.310 e. The average molecular weight is 319 g/mol. The van der Waals surface area contributed by atoms with Gasteiger partial charge in [-0.3, -0.25) is 14.7 Å². The topological polar surface area (TPSA) is 61.9 Å². The predicted octanol–water partition coefficient (Wildman–Crippen LogP) is 2.50. The standard InChI is InChI=1S/C16H19ClN4O/c1-10(2)15-19-14-3-4-21(9-13(14)16(22)20-15)8-11-5-12(17)7-18-6-11/h5-7,10H,3-4,8-9H2,1-2H3,(H,19,20,22). The van der Waals surface area contributed by atoms with Crippen molar-refractivity contribution >= 4 is 11.6 Å².